The first-order valence-corrected chi connectivity index (χ1v) is 6.85. The Balaban J connectivity index is 1.93. The van der Waals surface area contributed by atoms with Crippen LogP contribution in [0.5, 0.6) is 0 Å². The average molecular weight is 249 g/mol. The van der Waals surface area contributed by atoms with Crippen molar-refractivity contribution in [2.45, 2.75) is 20.3 Å². The van der Waals surface area contributed by atoms with Gasteiger partial charge in [0.2, 0.25) is 0 Å². The first-order chi connectivity index (χ1) is 8.83. The van der Waals surface area contributed by atoms with E-state index in [0.717, 1.165) is 50.3 Å². The molecule has 1 aromatic heterocycles. The summed E-state index contributed by atoms with van der Waals surface area (Å²) in [5.74, 6) is 2.65. The minimum Gasteiger partial charge on any atom is -0.370 e. The van der Waals surface area contributed by atoms with Gasteiger partial charge >= 0.3 is 0 Å². The highest BCUT2D eigenvalue weighted by Gasteiger charge is 2.14. The van der Waals surface area contributed by atoms with Crippen LogP contribution in [0.2, 0.25) is 0 Å². The first kappa shape index (κ1) is 13.1. The van der Waals surface area contributed by atoms with Crippen molar-refractivity contribution in [2.24, 2.45) is 5.92 Å². The van der Waals surface area contributed by atoms with Gasteiger partial charge in [0.25, 0.3) is 0 Å². The fraction of sp³-hybridized carbons (Fsp3) is 0.692. The second-order valence-electron chi connectivity index (χ2n) is 4.67. The molecule has 0 aromatic carbocycles. The van der Waals surface area contributed by atoms with Gasteiger partial charge in [0.15, 0.2) is 0 Å². The maximum absolute atomic E-state index is 4.32. The van der Waals surface area contributed by atoms with Gasteiger partial charge in [-0.3, -0.25) is 0 Å². The van der Waals surface area contributed by atoms with E-state index in [1.165, 1.54) is 6.42 Å². The molecule has 2 rings (SSSR count). The molecule has 1 fully saturated rings. The zero-order chi connectivity index (χ0) is 12.8. The van der Waals surface area contributed by atoms with E-state index < -0.39 is 0 Å². The predicted molar refractivity (Wildman–Crippen MR) is 75.1 cm³/mol. The molecule has 18 heavy (non-hydrogen) atoms. The van der Waals surface area contributed by atoms with Gasteiger partial charge in [-0.25, -0.2) is 9.97 Å². The third-order valence-corrected chi connectivity index (χ3v) is 3.47. The molecule has 1 saturated heterocycles. The Kier molecular flexibility index (Phi) is 4.75. The van der Waals surface area contributed by atoms with E-state index in [1.807, 2.05) is 6.07 Å². The SMILES string of the molecule is CCN(CC)c1cc(NCC2CCNC2)ncn1. The van der Waals surface area contributed by atoms with Gasteiger partial charge in [-0.15, -0.1) is 0 Å². The topological polar surface area (TPSA) is 53.1 Å². The van der Waals surface area contributed by atoms with Gasteiger partial charge in [0.1, 0.15) is 18.0 Å². The minimum atomic E-state index is 0.719. The molecule has 1 aliphatic heterocycles. The van der Waals surface area contributed by atoms with E-state index in [-0.39, 0.29) is 0 Å². The standard InChI is InChI=1S/C13H23N5/c1-3-18(4-2)13-7-12(16-10-17-13)15-9-11-5-6-14-8-11/h7,10-11,14H,3-6,8-9H2,1-2H3,(H,15,16,17). The van der Waals surface area contributed by atoms with Gasteiger partial charge in [0, 0.05) is 25.7 Å². The van der Waals surface area contributed by atoms with E-state index in [9.17, 15) is 0 Å². The zero-order valence-electron chi connectivity index (χ0n) is 11.3. The molecule has 5 heteroatoms. The number of nitrogens with one attached hydrogen (secondary N) is 2. The van der Waals surface area contributed by atoms with Crippen LogP contribution in [0.1, 0.15) is 20.3 Å². The van der Waals surface area contributed by atoms with E-state index in [4.69, 9.17) is 0 Å². The van der Waals surface area contributed by atoms with Crippen LogP contribution in [0.25, 0.3) is 0 Å². The summed E-state index contributed by atoms with van der Waals surface area (Å²) in [5.41, 5.74) is 0. The van der Waals surface area contributed by atoms with Crippen molar-refractivity contribution in [3.05, 3.63) is 12.4 Å². The smallest absolute Gasteiger partial charge is 0.134 e. The summed E-state index contributed by atoms with van der Waals surface area (Å²) >= 11 is 0. The molecular weight excluding hydrogens is 226 g/mol. The summed E-state index contributed by atoms with van der Waals surface area (Å²) in [6, 6.07) is 2.04. The van der Waals surface area contributed by atoms with E-state index >= 15 is 0 Å². The Hall–Kier alpha value is -1.36. The van der Waals surface area contributed by atoms with Crippen LogP contribution in [-0.2, 0) is 0 Å². The second-order valence-corrected chi connectivity index (χ2v) is 4.67. The van der Waals surface area contributed by atoms with Crippen molar-refractivity contribution in [3.63, 3.8) is 0 Å². The molecule has 0 aliphatic carbocycles. The van der Waals surface area contributed by atoms with Crippen molar-refractivity contribution < 1.29 is 0 Å². The number of nitrogens with zero attached hydrogens (tertiary/aromatic N) is 3. The lowest BCUT2D eigenvalue weighted by Gasteiger charge is -2.20. The van der Waals surface area contributed by atoms with Crippen LogP contribution < -0.4 is 15.5 Å². The molecule has 0 saturated carbocycles. The maximum atomic E-state index is 4.32. The van der Waals surface area contributed by atoms with Crippen LogP contribution in [0.3, 0.4) is 0 Å². The van der Waals surface area contributed by atoms with E-state index in [1.54, 1.807) is 6.33 Å². The number of anilines is 2. The molecule has 1 aromatic rings. The van der Waals surface area contributed by atoms with Crippen molar-refractivity contribution >= 4 is 11.6 Å². The first-order valence-electron chi connectivity index (χ1n) is 6.85. The lowest BCUT2D eigenvalue weighted by molar-refractivity contribution is 0.614. The number of hydrogen-bond acceptors (Lipinski definition) is 5. The molecule has 0 bridgehead atoms. The maximum Gasteiger partial charge on any atom is 0.134 e. The summed E-state index contributed by atoms with van der Waals surface area (Å²) < 4.78 is 0. The Bertz CT molecular complexity index is 358. The number of rotatable bonds is 6. The largest absolute Gasteiger partial charge is 0.370 e. The number of aromatic nitrogens is 2. The Labute approximate surface area is 109 Å². The van der Waals surface area contributed by atoms with Gasteiger partial charge in [-0.1, -0.05) is 0 Å². The fourth-order valence-electron chi connectivity index (χ4n) is 2.30. The third kappa shape index (κ3) is 3.32. The van der Waals surface area contributed by atoms with Crippen LogP contribution in [0.4, 0.5) is 11.6 Å². The fourth-order valence-corrected chi connectivity index (χ4v) is 2.30. The second kappa shape index (κ2) is 6.54. The Morgan fingerprint density at radius 1 is 1.39 bits per heavy atom. The van der Waals surface area contributed by atoms with Crippen LogP contribution in [-0.4, -0.2) is 42.7 Å². The van der Waals surface area contributed by atoms with Gasteiger partial charge in [0.05, 0.1) is 0 Å². The number of hydrogen-bond donors (Lipinski definition) is 2. The molecule has 2 N–H and O–H groups in total. The zero-order valence-corrected chi connectivity index (χ0v) is 11.3. The Morgan fingerprint density at radius 3 is 2.89 bits per heavy atom. The lowest BCUT2D eigenvalue weighted by atomic mass is 10.1. The highest BCUT2D eigenvalue weighted by atomic mass is 15.2. The van der Waals surface area contributed by atoms with Gasteiger partial charge in [-0.05, 0) is 39.3 Å². The molecule has 0 amide bonds. The van der Waals surface area contributed by atoms with Gasteiger partial charge < -0.3 is 15.5 Å². The summed E-state index contributed by atoms with van der Waals surface area (Å²) in [5, 5.41) is 6.79. The minimum absolute atomic E-state index is 0.719. The summed E-state index contributed by atoms with van der Waals surface area (Å²) in [4.78, 5) is 10.8. The van der Waals surface area contributed by atoms with Crippen molar-refractivity contribution in [1.82, 2.24) is 15.3 Å². The molecule has 1 aliphatic rings. The molecular formula is C13H23N5. The molecule has 100 valence electrons. The van der Waals surface area contributed by atoms with Crippen LogP contribution in [0.15, 0.2) is 12.4 Å². The van der Waals surface area contributed by atoms with E-state index in [2.05, 4.69) is 39.3 Å². The quantitative estimate of drug-likeness (QED) is 0.797. The molecule has 1 atom stereocenters. The predicted octanol–water partition coefficient (Wildman–Crippen LogP) is 1.34. The summed E-state index contributed by atoms with van der Waals surface area (Å²) in [6.45, 7) is 9.47. The van der Waals surface area contributed by atoms with Crippen LogP contribution in [0, 0.1) is 5.92 Å². The van der Waals surface area contributed by atoms with Crippen LogP contribution >= 0.6 is 0 Å². The molecule has 2 heterocycles. The van der Waals surface area contributed by atoms with E-state index in [0.29, 0.717) is 0 Å². The average Bonchev–Trinajstić information content (AvgIpc) is 2.92. The van der Waals surface area contributed by atoms with Crippen molar-refractivity contribution in [3.8, 4) is 0 Å². The monoisotopic (exact) mass is 249 g/mol. The Morgan fingerprint density at radius 2 is 2.22 bits per heavy atom. The normalized spacial score (nSPS) is 18.9. The highest BCUT2D eigenvalue weighted by Crippen LogP contribution is 2.15. The molecule has 0 radical (unpaired) electrons. The third-order valence-electron chi connectivity index (χ3n) is 3.47. The molecule has 0 spiro atoms. The molecule has 5 nitrogen and oxygen atoms in total. The molecule has 1 unspecified atom stereocenters. The van der Waals surface area contributed by atoms with Crippen molar-refractivity contribution in [1.29, 1.82) is 0 Å². The highest BCUT2D eigenvalue weighted by molar-refractivity contribution is 5.48. The van der Waals surface area contributed by atoms with Gasteiger partial charge in [-0.2, -0.15) is 0 Å². The van der Waals surface area contributed by atoms with Crippen molar-refractivity contribution in [2.75, 3.05) is 42.9 Å². The summed E-state index contributed by atoms with van der Waals surface area (Å²) in [7, 11) is 0. The lowest BCUT2D eigenvalue weighted by Crippen LogP contribution is -2.23. The summed E-state index contributed by atoms with van der Waals surface area (Å²) in [6.07, 6.45) is 2.89.